The first kappa shape index (κ1) is 16.7. The highest BCUT2D eigenvalue weighted by molar-refractivity contribution is 6.05. The van der Waals surface area contributed by atoms with Gasteiger partial charge < -0.3 is 10.2 Å². The number of carbonyl (C=O) groups is 1. The summed E-state index contributed by atoms with van der Waals surface area (Å²) < 4.78 is 1.57. The number of nitrogens with one attached hydrogen (secondary N) is 2. The minimum atomic E-state index is -0.257. The standard InChI is InChI=1S/C17H25N5O2/c1-11-10-13(14-15(19-11)21(3)20-16(14)23)17(24)22-8-5-12(6-9-22)4-7-18-2/h10,12,18H,4-9H2,1-3H3,(H,20,23). The molecule has 0 aromatic carbocycles. The van der Waals surface area contributed by atoms with Crippen molar-refractivity contribution in [2.75, 3.05) is 26.7 Å². The van der Waals surface area contributed by atoms with Gasteiger partial charge in [0.2, 0.25) is 0 Å². The van der Waals surface area contributed by atoms with Crippen molar-refractivity contribution in [1.29, 1.82) is 0 Å². The summed E-state index contributed by atoms with van der Waals surface area (Å²) in [6.45, 7) is 4.36. The third kappa shape index (κ3) is 3.08. The van der Waals surface area contributed by atoms with E-state index in [9.17, 15) is 9.59 Å². The summed E-state index contributed by atoms with van der Waals surface area (Å²) in [6, 6.07) is 1.73. The number of pyridine rings is 1. The van der Waals surface area contributed by atoms with Crippen LogP contribution in [-0.4, -0.2) is 52.3 Å². The first-order valence-electron chi connectivity index (χ1n) is 8.51. The number of H-pyrrole nitrogens is 1. The van der Waals surface area contributed by atoms with Crippen LogP contribution in [0.4, 0.5) is 0 Å². The van der Waals surface area contributed by atoms with E-state index in [-0.39, 0.29) is 11.5 Å². The second-order valence-electron chi connectivity index (χ2n) is 6.64. The summed E-state index contributed by atoms with van der Waals surface area (Å²) in [7, 11) is 3.70. The lowest BCUT2D eigenvalue weighted by Gasteiger charge is -2.32. The summed E-state index contributed by atoms with van der Waals surface area (Å²) in [5.74, 6) is 0.607. The molecule has 1 aliphatic heterocycles. The van der Waals surface area contributed by atoms with Crippen LogP contribution in [0.2, 0.25) is 0 Å². The molecule has 1 saturated heterocycles. The van der Waals surface area contributed by atoms with Gasteiger partial charge >= 0.3 is 0 Å². The molecule has 2 aromatic rings. The van der Waals surface area contributed by atoms with Crippen LogP contribution in [0.15, 0.2) is 10.9 Å². The molecule has 7 heteroatoms. The summed E-state index contributed by atoms with van der Waals surface area (Å²) >= 11 is 0. The van der Waals surface area contributed by atoms with E-state index in [0.29, 0.717) is 22.5 Å². The summed E-state index contributed by atoms with van der Waals surface area (Å²) in [4.78, 5) is 31.4. The lowest BCUT2D eigenvalue weighted by molar-refractivity contribution is 0.0689. The van der Waals surface area contributed by atoms with Crippen molar-refractivity contribution in [3.8, 4) is 0 Å². The number of nitrogens with zero attached hydrogens (tertiary/aromatic N) is 3. The van der Waals surface area contributed by atoms with Crippen LogP contribution in [0, 0.1) is 12.8 Å². The highest BCUT2D eigenvalue weighted by Gasteiger charge is 2.26. The molecule has 0 unspecified atom stereocenters. The molecule has 0 aliphatic carbocycles. The highest BCUT2D eigenvalue weighted by atomic mass is 16.2. The zero-order chi connectivity index (χ0) is 17.3. The molecule has 1 amide bonds. The minimum Gasteiger partial charge on any atom is -0.339 e. The fourth-order valence-electron chi connectivity index (χ4n) is 3.50. The van der Waals surface area contributed by atoms with Crippen LogP contribution in [-0.2, 0) is 7.05 Å². The molecule has 1 fully saturated rings. The molecule has 0 spiro atoms. The topological polar surface area (TPSA) is 83.0 Å². The Balaban J connectivity index is 1.84. The van der Waals surface area contributed by atoms with E-state index in [1.807, 2.05) is 18.9 Å². The predicted molar refractivity (Wildman–Crippen MR) is 93.2 cm³/mol. The Morgan fingerprint density at radius 1 is 1.42 bits per heavy atom. The van der Waals surface area contributed by atoms with Gasteiger partial charge in [-0.3, -0.25) is 19.4 Å². The molecule has 2 N–H and O–H groups in total. The van der Waals surface area contributed by atoms with Gasteiger partial charge in [0.05, 0.1) is 10.9 Å². The van der Waals surface area contributed by atoms with Gasteiger partial charge in [0.15, 0.2) is 5.65 Å². The SMILES string of the molecule is CNCCC1CCN(C(=O)c2cc(C)nc3c2c(=O)[nH]n3C)CC1. The number of amides is 1. The molecule has 3 rings (SSSR count). The Morgan fingerprint density at radius 3 is 2.79 bits per heavy atom. The number of rotatable bonds is 4. The molecule has 1 aliphatic rings. The van der Waals surface area contributed by atoms with Crippen molar-refractivity contribution in [3.05, 3.63) is 27.7 Å². The van der Waals surface area contributed by atoms with E-state index in [4.69, 9.17) is 0 Å². The number of fused-ring (bicyclic) bond motifs is 1. The Kier molecular flexibility index (Phi) is 4.71. The van der Waals surface area contributed by atoms with E-state index >= 15 is 0 Å². The van der Waals surface area contributed by atoms with Crippen LogP contribution >= 0.6 is 0 Å². The van der Waals surface area contributed by atoms with Crippen LogP contribution in [0.1, 0.15) is 35.3 Å². The zero-order valence-corrected chi connectivity index (χ0v) is 14.6. The molecule has 130 valence electrons. The number of aromatic nitrogens is 3. The second kappa shape index (κ2) is 6.76. The molecule has 7 nitrogen and oxygen atoms in total. The molecule has 24 heavy (non-hydrogen) atoms. The van der Waals surface area contributed by atoms with E-state index in [1.165, 1.54) is 0 Å². The Hall–Kier alpha value is -2.15. The van der Waals surface area contributed by atoms with Crippen LogP contribution in [0.25, 0.3) is 11.0 Å². The molecule has 0 saturated carbocycles. The van der Waals surface area contributed by atoms with Crippen molar-refractivity contribution in [1.82, 2.24) is 25.0 Å². The molecule has 0 bridgehead atoms. The lowest BCUT2D eigenvalue weighted by atomic mass is 9.93. The lowest BCUT2D eigenvalue weighted by Crippen LogP contribution is -2.39. The Labute approximate surface area is 141 Å². The van der Waals surface area contributed by atoms with Gasteiger partial charge in [-0.25, -0.2) is 4.98 Å². The molecule has 0 radical (unpaired) electrons. The molecule has 2 aromatic heterocycles. The fourth-order valence-corrected chi connectivity index (χ4v) is 3.50. The minimum absolute atomic E-state index is 0.0609. The Morgan fingerprint density at radius 2 is 2.12 bits per heavy atom. The molecule has 3 heterocycles. The average Bonchev–Trinajstić information content (AvgIpc) is 2.86. The van der Waals surface area contributed by atoms with E-state index < -0.39 is 0 Å². The summed E-state index contributed by atoms with van der Waals surface area (Å²) in [5, 5.41) is 6.27. The average molecular weight is 331 g/mol. The van der Waals surface area contributed by atoms with Gasteiger partial charge in [0, 0.05) is 25.8 Å². The number of hydrogen-bond donors (Lipinski definition) is 2. The first-order valence-corrected chi connectivity index (χ1v) is 8.51. The van der Waals surface area contributed by atoms with Gasteiger partial charge in [0.25, 0.3) is 11.5 Å². The van der Waals surface area contributed by atoms with E-state index in [1.54, 1.807) is 17.8 Å². The van der Waals surface area contributed by atoms with Crippen molar-refractivity contribution in [2.24, 2.45) is 13.0 Å². The van der Waals surface area contributed by atoms with Gasteiger partial charge in [-0.1, -0.05) is 0 Å². The summed E-state index contributed by atoms with van der Waals surface area (Å²) in [6.07, 6.45) is 3.19. The second-order valence-corrected chi connectivity index (χ2v) is 6.64. The maximum Gasteiger partial charge on any atom is 0.274 e. The number of aryl methyl sites for hydroxylation is 2. The number of carbonyl (C=O) groups excluding carboxylic acids is 1. The van der Waals surface area contributed by atoms with Crippen molar-refractivity contribution < 1.29 is 4.79 Å². The van der Waals surface area contributed by atoms with Gasteiger partial charge in [0.1, 0.15) is 0 Å². The number of piperidine rings is 1. The highest BCUT2D eigenvalue weighted by Crippen LogP contribution is 2.23. The summed E-state index contributed by atoms with van der Waals surface area (Å²) in [5.41, 5.74) is 1.48. The van der Waals surface area contributed by atoms with Crippen LogP contribution < -0.4 is 10.9 Å². The zero-order valence-electron chi connectivity index (χ0n) is 14.6. The third-order valence-electron chi connectivity index (χ3n) is 4.88. The first-order chi connectivity index (χ1) is 11.5. The Bertz CT molecular complexity index is 799. The van der Waals surface area contributed by atoms with Crippen molar-refractivity contribution in [2.45, 2.75) is 26.2 Å². The predicted octanol–water partition coefficient (Wildman–Crippen LogP) is 1.03. The van der Waals surface area contributed by atoms with Crippen LogP contribution in [0.5, 0.6) is 0 Å². The van der Waals surface area contributed by atoms with Gasteiger partial charge in [-0.05, 0) is 51.8 Å². The quantitative estimate of drug-likeness (QED) is 0.877. The maximum absolute atomic E-state index is 13.0. The van der Waals surface area contributed by atoms with Crippen molar-refractivity contribution >= 4 is 16.9 Å². The van der Waals surface area contributed by atoms with E-state index in [0.717, 1.165) is 44.6 Å². The van der Waals surface area contributed by atoms with Crippen LogP contribution in [0.3, 0.4) is 0 Å². The normalized spacial score (nSPS) is 16.0. The fraction of sp³-hybridized carbons (Fsp3) is 0.588. The number of aromatic amines is 1. The molecular formula is C17H25N5O2. The number of likely N-dealkylation sites (tertiary alicyclic amines) is 1. The number of hydrogen-bond acceptors (Lipinski definition) is 4. The smallest absolute Gasteiger partial charge is 0.274 e. The van der Waals surface area contributed by atoms with Gasteiger partial charge in [-0.2, -0.15) is 0 Å². The third-order valence-corrected chi connectivity index (χ3v) is 4.88. The van der Waals surface area contributed by atoms with Gasteiger partial charge in [-0.15, -0.1) is 0 Å². The van der Waals surface area contributed by atoms with Crippen molar-refractivity contribution in [3.63, 3.8) is 0 Å². The largest absolute Gasteiger partial charge is 0.339 e. The van der Waals surface area contributed by atoms with E-state index in [2.05, 4.69) is 15.4 Å². The monoisotopic (exact) mass is 331 g/mol. The molecular weight excluding hydrogens is 306 g/mol. The maximum atomic E-state index is 13.0. The molecule has 0 atom stereocenters.